The molecular weight excluding hydrogens is 938 g/mol. The van der Waals surface area contributed by atoms with Crippen molar-refractivity contribution in [1.29, 1.82) is 0 Å². The van der Waals surface area contributed by atoms with Gasteiger partial charge in [0, 0.05) is 0 Å². The van der Waals surface area contributed by atoms with Crippen molar-refractivity contribution >= 4 is 1230 Å². The van der Waals surface area contributed by atoms with Crippen molar-refractivity contribution in [1.82, 2.24) is 0 Å². The van der Waals surface area contributed by atoms with E-state index in [0.717, 1.165) is 0 Å². The first-order valence-electron chi connectivity index (χ1n) is 0. The van der Waals surface area contributed by atoms with Crippen molar-refractivity contribution in [2.75, 3.05) is 0 Å². The second-order valence-electron chi connectivity index (χ2n) is 0. The Morgan fingerprint density at radius 3 is 0.0417 bits per heavy atom. The van der Waals surface area contributed by atoms with Crippen LogP contribution in [-0.2, 0) is 0 Å². The van der Waals surface area contributed by atoms with Crippen molar-refractivity contribution in [3.63, 3.8) is 0 Å². The van der Waals surface area contributed by atoms with Crippen LogP contribution >= 0.6 is 0 Å². The molecule has 0 saturated heterocycles. The van der Waals surface area contributed by atoms with Gasteiger partial charge in [-0.25, -0.2) is 0 Å². The van der Waals surface area contributed by atoms with Crippen LogP contribution < -0.4 is 0 Å². The van der Waals surface area contributed by atoms with Gasteiger partial charge in [-0.3, -0.25) is 0 Å². The van der Waals surface area contributed by atoms with E-state index >= 15 is 0 Å². The van der Waals surface area contributed by atoms with Crippen LogP contribution in [0, 0.1) is 0 Å². The molecule has 0 bridgehead atoms. The second-order valence-corrected chi connectivity index (χ2v) is 0. The van der Waals surface area contributed by atoms with E-state index in [1.807, 2.05) is 0 Å². The summed E-state index contributed by atoms with van der Waals surface area (Å²) < 4.78 is 0. The zero-order valence-electron chi connectivity index (χ0n) is 0. The average molecular weight is 963 g/mol. The van der Waals surface area contributed by atoms with E-state index in [9.17, 15) is 0 Å². The van der Waals surface area contributed by atoms with Crippen LogP contribution in [0.2, 0.25) is 0 Å². The van der Waals surface area contributed by atoms with Crippen LogP contribution in [0.4, 0.5) is 0 Å². The summed E-state index contributed by atoms with van der Waals surface area (Å²) in [5.41, 5.74) is 0. The molecule has 0 atom stereocenters. The van der Waals surface area contributed by atoms with Crippen LogP contribution in [-0.4, -0.2) is 1230 Å². The predicted octanol–water partition coefficient (Wildman–Crippen LogP) is -15.6. The van der Waals surface area contributed by atoms with Gasteiger partial charge in [-0.05, 0) is 0 Å². The molecule has 0 N–H and O–H groups in total. The molecule has 0 nitrogen and oxygen atoms in total. The first-order valence-corrected chi connectivity index (χ1v) is 0. The molecule has 0 spiro atoms. The average Bonchev–Trinajstić information content (AvgIpc) is 0. The molecule has 0 aromatic carbocycles. The maximum atomic E-state index is 0. The first kappa shape index (κ1) is 159. The topological polar surface area (TPSA) is 0 Å². The summed E-state index contributed by atoms with van der Waals surface area (Å²) in [4.78, 5) is 0. The van der Waals surface area contributed by atoms with E-state index in [-0.39, 0.29) is 1230 Å². The molecule has 0 saturated carbocycles. The van der Waals surface area contributed by atoms with E-state index in [4.69, 9.17) is 0 Å². The summed E-state index contributed by atoms with van der Waals surface area (Å²) in [5.74, 6) is 0. The molecule has 0 unspecified atom stereocenters. The van der Waals surface area contributed by atoms with Gasteiger partial charge in [0.2, 0.25) is 0 Å². The fourth-order valence-electron chi connectivity index (χ4n) is 0. The molecule has 0 aromatic heterocycles. The second kappa shape index (κ2) is 152. The quantitative estimate of drug-likeness (QED) is 0.212. The van der Waals surface area contributed by atoms with Gasteiger partial charge in [0.15, 0.2) is 0 Å². The number of hydrogen-bond donors (Lipinski definition) is 0. The Morgan fingerprint density at radius 2 is 0.0417 bits per heavy atom. The summed E-state index contributed by atoms with van der Waals surface area (Å²) >= 11 is 0. The van der Waals surface area contributed by atoms with Crippen molar-refractivity contribution in [3.05, 3.63) is 0 Å². The normalized spacial score (nSPS) is 0. The molecule has 0 aliphatic heterocycles. The van der Waals surface area contributed by atoms with E-state index in [1.54, 1.807) is 0 Å². The minimum absolute atomic E-state index is 0. The maximum absolute atomic E-state index is 0. The van der Waals surface area contributed by atoms with Crippen molar-refractivity contribution < 1.29 is 0 Å². The molecule has 24 heavy (non-hydrogen) atoms. The number of hydrogen-bond acceptors (Lipinski definition) is 0. The molecule has 0 heterocycles. The van der Waals surface area contributed by atoms with Gasteiger partial charge in [-0.15, -0.1) is 0 Å². The summed E-state index contributed by atoms with van der Waals surface area (Å²) in [6.07, 6.45) is 0. The van der Waals surface area contributed by atoms with Gasteiger partial charge in [0.25, 0.3) is 0 Å². The Hall–Kier alpha value is 39.3. The molecule has 0 amide bonds. The summed E-state index contributed by atoms with van der Waals surface area (Å²) in [7, 11) is 0. The monoisotopic (exact) mass is 959 g/mol. The van der Waals surface area contributed by atoms with Crippen molar-refractivity contribution in [2.24, 2.45) is 0 Å². The fourth-order valence-corrected chi connectivity index (χ4v) is 0. The van der Waals surface area contributed by atoms with Gasteiger partial charge in [0.05, 0.1) is 0 Å². The fraction of sp³-hybridized carbons (Fsp3) is 0. The van der Waals surface area contributed by atoms with Gasteiger partial charge in [-0.1, -0.05) is 0 Å². The first-order chi connectivity index (χ1) is 0. The zero-order chi connectivity index (χ0) is 0. The molecular formula is H24K24. The summed E-state index contributed by atoms with van der Waals surface area (Å²) in [5, 5.41) is 0. The van der Waals surface area contributed by atoms with Crippen LogP contribution in [0.15, 0.2) is 0 Å². The van der Waals surface area contributed by atoms with Gasteiger partial charge in [0.1, 0.15) is 0 Å². The van der Waals surface area contributed by atoms with Crippen molar-refractivity contribution in [2.45, 2.75) is 0 Å². The molecule has 0 aliphatic rings. The Bertz CT molecular complexity index is 0. The van der Waals surface area contributed by atoms with Crippen molar-refractivity contribution in [3.8, 4) is 0 Å². The third kappa shape index (κ3) is 144. The van der Waals surface area contributed by atoms with Gasteiger partial charge >= 0.3 is 1230 Å². The Morgan fingerprint density at radius 1 is 0.0417 bits per heavy atom. The van der Waals surface area contributed by atoms with E-state index in [1.165, 1.54) is 0 Å². The molecule has 24 heteroatoms. The Labute approximate surface area is 1180 Å². The summed E-state index contributed by atoms with van der Waals surface area (Å²) in [6, 6.07) is 0. The van der Waals surface area contributed by atoms with Gasteiger partial charge in [-0.2, -0.15) is 0 Å². The molecule has 0 aromatic rings. The standard InChI is InChI=1S/24K.24H. The zero-order valence-corrected chi connectivity index (χ0v) is 0. The van der Waals surface area contributed by atoms with Crippen LogP contribution in [0.3, 0.4) is 0 Å². The molecule has 48 valence electrons. The molecule has 0 aliphatic carbocycles. The Balaban J connectivity index is 0. The van der Waals surface area contributed by atoms with Crippen LogP contribution in [0.1, 0.15) is 0 Å². The molecule has 0 fully saturated rings. The van der Waals surface area contributed by atoms with E-state index in [0.29, 0.717) is 0 Å². The summed E-state index contributed by atoms with van der Waals surface area (Å²) in [6.45, 7) is 0. The SMILES string of the molecule is [KH].[KH].[KH].[KH].[KH].[KH].[KH].[KH].[KH].[KH].[KH].[KH].[KH].[KH].[KH].[KH].[KH].[KH].[KH].[KH].[KH].[KH].[KH].[KH]. The van der Waals surface area contributed by atoms with E-state index in [2.05, 4.69) is 0 Å². The van der Waals surface area contributed by atoms with E-state index < -0.39 is 0 Å². The molecule has 0 rings (SSSR count). The third-order valence-corrected chi connectivity index (χ3v) is 0. The van der Waals surface area contributed by atoms with Crippen LogP contribution in [0.25, 0.3) is 0 Å². The molecule has 0 radical (unpaired) electrons. The van der Waals surface area contributed by atoms with Crippen LogP contribution in [0.5, 0.6) is 0 Å². The Kier molecular flexibility index (Phi) is 1000. The van der Waals surface area contributed by atoms with Gasteiger partial charge < -0.3 is 0 Å². The third-order valence-electron chi connectivity index (χ3n) is 0. The predicted molar refractivity (Wildman–Crippen MR) is 172 cm³/mol. The number of rotatable bonds is 0. The minimum atomic E-state index is 0.